The van der Waals surface area contributed by atoms with E-state index >= 15 is 0 Å². The molecule has 0 atom stereocenters. The first-order valence-electron chi connectivity index (χ1n) is 10.5. The molecule has 2 aromatic carbocycles. The van der Waals surface area contributed by atoms with Crippen LogP contribution in [0.4, 0.5) is 18.0 Å². The minimum Gasteiger partial charge on any atom is -0.481 e. The molecule has 3 rings (SSSR count). The maximum Gasteiger partial charge on any atom is 0.416 e. The molecule has 0 fully saturated rings. The molecule has 1 N–H and O–H groups in total. The molecule has 35 heavy (non-hydrogen) atoms. The minimum absolute atomic E-state index is 0. The number of carbonyl (C=O) groups is 2. The van der Waals surface area contributed by atoms with Gasteiger partial charge in [-0.3, -0.25) is 9.78 Å². The Labute approximate surface area is 223 Å². The minimum atomic E-state index is -4.57. The van der Waals surface area contributed by atoms with Gasteiger partial charge < -0.3 is 14.7 Å². The molecule has 0 spiro atoms. The Kier molecular flexibility index (Phi) is 10.3. The van der Waals surface area contributed by atoms with Crippen LogP contribution in [-0.4, -0.2) is 63.2 Å². The van der Waals surface area contributed by atoms with Crippen molar-refractivity contribution in [2.75, 3.05) is 6.54 Å². The van der Waals surface area contributed by atoms with Gasteiger partial charge in [0.15, 0.2) is 0 Å². The zero-order valence-electron chi connectivity index (χ0n) is 19.4. The molecule has 3 aromatic rings. The zero-order chi connectivity index (χ0) is 24.7. The number of alkyl halides is 3. The average Bonchev–Trinajstić information content (AvgIpc) is 2.80. The fraction of sp³-hybridized carbons (Fsp3) is 0.240. The van der Waals surface area contributed by atoms with Gasteiger partial charge in [-0.15, -0.1) is 0 Å². The first-order valence-corrected chi connectivity index (χ1v) is 10.5. The summed E-state index contributed by atoms with van der Waals surface area (Å²) in [7, 11) is 0. The summed E-state index contributed by atoms with van der Waals surface area (Å²) in [6, 6.07) is 13.9. The van der Waals surface area contributed by atoms with Crippen molar-refractivity contribution in [1.29, 1.82) is 0 Å². The number of carboxylic acids is 1. The fourth-order valence-corrected chi connectivity index (χ4v) is 3.41. The largest absolute Gasteiger partial charge is 0.481 e. The van der Waals surface area contributed by atoms with E-state index in [0.29, 0.717) is 16.7 Å². The molecule has 10 heteroatoms. The van der Waals surface area contributed by atoms with Crippen molar-refractivity contribution >= 4 is 41.6 Å². The molecular formula is C25H23F3N2NaO4. The quantitative estimate of drug-likeness (QED) is 0.436. The van der Waals surface area contributed by atoms with Gasteiger partial charge >= 0.3 is 18.2 Å². The van der Waals surface area contributed by atoms with E-state index in [2.05, 4.69) is 4.98 Å². The van der Waals surface area contributed by atoms with Crippen molar-refractivity contribution in [3.63, 3.8) is 0 Å². The van der Waals surface area contributed by atoms with E-state index in [1.807, 2.05) is 18.2 Å². The number of rotatable bonds is 8. The number of ether oxygens (including phenoxy) is 1. The monoisotopic (exact) mass is 495 g/mol. The molecule has 6 nitrogen and oxygen atoms in total. The molecule has 1 aromatic heterocycles. The van der Waals surface area contributed by atoms with Gasteiger partial charge in [0.05, 0.1) is 12.0 Å². The Morgan fingerprint density at radius 3 is 2.37 bits per heavy atom. The van der Waals surface area contributed by atoms with Gasteiger partial charge in [0, 0.05) is 60.6 Å². The van der Waals surface area contributed by atoms with Crippen LogP contribution in [0, 0.1) is 0 Å². The molecule has 1 amide bonds. The zero-order valence-corrected chi connectivity index (χ0v) is 21.4. The van der Waals surface area contributed by atoms with E-state index in [-0.39, 0.29) is 61.2 Å². The number of aliphatic carboxylic acids is 1. The van der Waals surface area contributed by atoms with Crippen LogP contribution < -0.4 is 0 Å². The predicted octanol–water partition coefficient (Wildman–Crippen LogP) is 5.17. The Bertz CT molecular complexity index is 1160. The Morgan fingerprint density at radius 1 is 1.03 bits per heavy atom. The number of nitrogens with zero attached hydrogens (tertiary/aromatic N) is 2. The summed E-state index contributed by atoms with van der Waals surface area (Å²) < 4.78 is 45.6. The second kappa shape index (κ2) is 12.7. The number of halogens is 3. The summed E-state index contributed by atoms with van der Waals surface area (Å²) in [4.78, 5) is 29.0. The van der Waals surface area contributed by atoms with Crippen LogP contribution in [0.15, 0.2) is 67.0 Å². The van der Waals surface area contributed by atoms with E-state index in [0.717, 1.165) is 17.7 Å². The average molecular weight is 495 g/mol. The molecule has 1 radical (unpaired) electrons. The molecule has 0 unspecified atom stereocenters. The maximum absolute atomic E-state index is 13.4. The topological polar surface area (TPSA) is 79.7 Å². The third kappa shape index (κ3) is 8.09. The SMILES string of the molecule is CCN(Cc1cc(C(F)(F)F)ccc1-c1cncc(CC(=O)O)c1)C(=O)OCc1ccccc1.[Na]. The van der Waals surface area contributed by atoms with E-state index in [1.165, 1.54) is 23.4 Å². The summed E-state index contributed by atoms with van der Waals surface area (Å²) in [5.41, 5.74) is 1.45. The summed E-state index contributed by atoms with van der Waals surface area (Å²) in [6.07, 6.45) is -2.67. The first-order chi connectivity index (χ1) is 16.2. The number of amides is 1. The Balaban J connectivity index is 0.00000432. The maximum atomic E-state index is 13.4. The van der Waals surface area contributed by atoms with Crippen LogP contribution >= 0.6 is 0 Å². The second-order valence-electron chi connectivity index (χ2n) is 7.58. The normalized spacial score (nSPS) is 10.9. The van der Waals surface area contributed by atoms with Gasteiger partial charge in [-0.25, -0.2) is 4.79 Å². The summed E-state index contributed by atoms with van der Waals surface area (Å²) in [5.74, 6) is -1.05. The molecule has 0 bridgehead atoms. The van der Waals surface area contributed by atoms with Crippen LogP contribution in [0.5, 0.6) is 0 Å². The number of carbonyl (C=O) groups excluding carboxylic acids is 1. The van der Waals surface area contributed by atoms with E-state index in [9.17, 15) is 22.8 Å². The van der Waals surface area contributed by atoms with Gasteiger partial charge in [0.25, 0.3) is 0 Å². The van der Waals surface area contributed by atoms with Gasteiger partial charge in [-0.1, -0.05) is 36.4 Å². The number of aromatic nitrogens is 1. The Hall–Kier alpha value is -2.88. The molecular weight excluding hydrogens is 472 g/mol. The summed E-state index contributed by atoms with van der Waals surface area (Å²) in [6.45, 7) is 1.81. The molecule has 1 heterocycles. The second-order valence-corrected chi connectivity index (χ2v) is 7.58. The van der Waals surface area contributed by atoms with Crippen LogP contribution in [0.2, 0.25) is 0 Å². The number of benzene rings is 2. The molecule has 0 aliphatic heterocycles. The van der Waals surface area contributed by atoms with E-state index < -0.39 is 23.8 Å². The standard InChI is InChI=1S/C25H23F3N2O4.Na/c1-2-30(24(33)34-16-17-6-4-3-5-7-17)15-20-12-21(25(26,27)28)8-9-22(20)19-10-18(11-23(31)32)13-29-14-19;/h3-10,12-14H,2,11,15-16H2,1H3,(H,31,32);. The molecule has 0 aliphatic carbocycles. The van der Waals surface area contributed by atoms with Crippen LogP contribution in [-0.2, 0) is 35.3 Å². The number of pyridine rings is 1. The van der Waals surface area contributed by atoms with E-state index in [1.54, 1.807) is 25.1 Å². The number of hydrogen-bond donors (Lipinski definition) is 1. The van der Waals surface area contributed by atoms with Crippen LogP contribution in [0.1, 0.15) is 29.2 Å². The van der Waals surface area contributed by atoms with Crippen molar-refractivity contribution in [1.82, 2.24) is 9.88 Å². The molecule has 0 saturated heterocycles. The fourth-order valence-electron chi connectivity index (χ4n) is 3.41. The predicted molar refractivity (Wildman–Crippen MR) is 124 cm³/mol. The van der Waals surface area contributed by atoms with Crippen molar-refractivity contribution in [2.24, 2.45) is 0 Å². The van der Waals surface area contributed by atoms with Crippen LogP contribution in [0.3, 0.4) is 0 Å². The third-order valence-corrected chi connectivity index (χ3v) is 5.10. The van der Waals surface area contributed by atoms with Gasteiger partial charge in [-0.05, 0) is 47.4 Å². The van der Waals surface area contributed by atoms with Gasteiger partial charge in [-0.2, -0.15) is 13.2 Å². The molecule has 0 saturated carbocycles. The smallest absolute Gasteiger partial charge is 0.416 e. The summed E-state index contributed by atoms with van der Waals surface area (Å²) in [5, 5.41) is 9.04. The van der Waals surface area contributed by atoms with Gasteiger partial charge in [0.1, 0.15) is 6.61 Å². The molecule has 0 aliphatic rings. The van der Waals surface area contributed by atoms with Crippen molar-refractivity contribution in [3.8, 4) is 11.1 Å². The van der Waals surface area contributed by atoms with Crippen molar-refractivity contribution in [3.05, 3.63) is 89.2 Å². The number of carboxylic acid groups (broad SMARTS) is 1. The number of hydrogen-bond acceptors (Lipinski definition) is 4. The van der Waals surface area contributed by atoms with Crippen LogP contribution in [0.25, 0.3) is 11.1 Å². The first kappa shape index (κ1) is 28.4. The van der Waals surface area contributed by atoms with E-state index in [4.69, 9.17) is 9.84 Å². The molecule has 179 valence electrons. The summed E-state index contributed by atoms with van der Waals surface area (Å²) >= 11 is 0. The van der Waals surface area contributed by atoms with Crippen molar-refractivity contribution in [2.45, 2.75) is 32.7 Å². The third-order valence-electron chi connectivity index (χ3n) is 5.10. The van der Waals surface area contributed by atoms with Crippen molar-refractivity contribution < 1.29 is 32.6 Å². The Morgan fingerprint density at radius 2 is 1.74 bits per heavy atom. The van der Waals surface area contributed by atoms with Gasteiger partial charge in [0.2, 0.25) is 0 Å².